The molecule has 2 rings (SSSR count). The number of sulfonamides is 1. The Morgan fingerprint density at radius 3 is 2.50 bits per heavy atom. The molecule has 1 fully saturated rings. The summed E-state index contributed by atoms with van der Waals surface area (Å²) in [4.78, 5) is 2.58. The fourth-order valence-electron chi connectivity index (χ4n) is 2.45. The average Bonchev–Trinajstić information content (AvgIpc) is 2.72. The van der Waals surface area contributed by atoms with Gasteiger partial charge in [0, 0.05) is 32.8 Å². The Kier molecular flexibility index (Phi) is 5.54. The van der Waals surface area contributed by atoms with Crippen molar-refractivity contribution in [3.8, 4) is 0 Å². The maximum absolute atomic E-state index is 12.5. The highest BCUT2D eigenvalue weighted by atomic mass is 32.2. The van der Waals surface area contributed by atoms with Crippen LogP contribution in [0.15, 0.2) is 35.2 Å². The second kappa shape index (κ2) is 7.17. The van der Waals surface area contributed by atoms with E-state index in [2.05, 4.69) is 4.90 Å². The van der Waals surface area contributed by atoms with Gasteiger partial charge in [-0.2, -0.15) is 4.31 Å². The lowest BCUT2D eigenvalue weighted by molar-refractivity contribution is 0.230. The number of hydrogen-bond donors (Lipinski definition) is 1. The quantitative estimate of drug-likeness (QED) is 0.872. The molecule has 1 aliphatic rings. The van der Waals surface area contributed by atoms with Crippen LogP contribution < -0.4 is 0 Å². The smallest absolute Gasteiger partial charge is 0.243 e. The van der Waals surface area contributed by atoms with Crippen LogP contribution in [0.5, 0.6) is 0 Å². The second-order valence-corrected chi connectivity index (χ2v) is 6.93. The molecule has 1 aliphatic heterocycles. The highest BCUT2D eigenvalue weighted by Gasteiger charge is 2.26. The van der Waals surface area contributed by atoms with Crippen LogP contribution in [0, 0.1) is 0 Å². The first-order valence-corrected chi connectivity index (χ1v) is 8.47. The molecule has 1 aromatic rings. The minimum absolute atomic E-state index is 0.183. The molecule has 0 unspecified atom stereocenters. The molecule has 1 heterocycles. The number of benzene rings is 1. The molecule has 0 aromatic heterocycles. The van der Waals surface area contributed by atoms with Gasteiger partial charge >= 0.3 is 0 Å². The topological polar surface area (TPSA) is 60.9 Å². The Labute approximate surface area is 120 Å². The summed E-state index contributed by atoms with van der Waals surface area (Å²) < 4.78 is 26.6. The van der Waals surface area contributed by atoms with E-state index in [4.69, 9.17) is 5.11 Å². The van der Waals surface area contributed by atoms with Gasteiger partial charge in [0.25, 0.3) is 0 Å². The molecule has 6 heteroatoms. The van der Waals surface area contributed by atoms with E-state index in [1.165, 1.54) is 0 Å². The largest absolute Gasteiger partial charge is 0.396 e. The van der Waals surface area contributed by atoms with Crippen molar-refractivity contribution < 1.29 is 13.5 Å². The summed E-state index contributed by atoms with van der Waals surface area (Å²) in [6.45, 7) is 3.71. The standard InChI is InChI=1S/C14H22N2O3S/c17-13-5-9-15-8-4-10-16(12-11-15)20(18,19)14-6-2-1-3-7-14/h1-3,6-7,17H,4-5,8-13H2. The van der Waals surface area contributed by atoms with Crippen LogP contribution in [0.3, 0.4) is 0 Å². The molecule has 20 heavy (non-hydrogen) atoms. The third kappa shape index (κ3) is 3.79. The van der Waals surface area contributed by atoms with Crippen molar-refractivity contribution in [2.45, 2.75) is 17.7 Å². The average molecular weight is 298 g/mol. The summed E-state index contributed by atoms with van der Waals surface area (Å²) in [6.07, 6.45) is 1.57. The minimum atomic E-state index is -3.37. The Hall–Kier alpha value is -0.950. The van der Waals surface area contributed by atoms with Gasteiger partial charge in [0.05, 0.1) is 4.90 Å². The first-order chi connectivity index (χ1) is 9.64. The van der Waals surface area contributed by atoms with Crippen LogP contribution in [-0.2, 0) is 10.0 Å². The molecule has 1 N–H and O–H groups in total. The van der Waals surface area contributed by atoms with Gasteiger partial charge in [0.1, 0.15) is 0 Å². The maximum atomic E-state index is 12.5. The van der Waals surface area contributed by atoms with Gasteiger partial charge in [0.15, 0.2) is 0 Å². The molecule has 0 aliphatic carbocycles. The summed E-state index contributed by atoms with van der Waals surface area (Å²) in [6, 6.07) is 8.60. The lowest BCUT2D eigenvalue weighted by Gasteiger charge is -2.21. The number of hydrogen-bond acceptors (Lipinski definition) is 4. The summed E-state index contributed by atoms with van der Waals surface area (Å²) >= 11 is 0. The highest BCUT2D eigenvalue weighted by Crippen LogP contribution is 2.17. The van der Waals surface area contributed by atoms with Crippen molar-refractivity contribution in [2.24, 2.45) is 0 Å². The van der Waals surface area contributed by atoms with Crippen LogP contribution in [0.2, 0.25) is 0 Å². The molecule has 0 atom stereocenters. The van der Waals surface area contributed by atoms with Gasteiger partial charge in [-0.1, -0.05) is 18.2 Å². The molecular weight excluding hydrogens is 276 g/mol. The zero-order valence-corrected chi connectivity index (χ0v) is 12.4. The lowest BCUT2D eigenvalue weighted by atomic mass is 10.3. The van der Waals surface area contributed by atoms with E-state index in [9.17, 15) is 8.42 Å². The van der Waals surface area contributed by atoms with E-state index in [0.717, 1.165) is 32.5 Å². The first kappa shape index (κ1) is 15.4. The molecule has 5 nitrogen and oxygen atoms in total. The fourth-order valence-corrected chi connectivity index (χ4v) is 3.94. The molecule has 0 spiro atoms. The predicted octanol–water partition coefficient (Wildman–Crippen LogP) is 0.765. The van der Waals surface area contributed by atoms with Gasteiger partial charge in [-0.15, -0.1) is 0 Å². The number of aliphatic hydroxyl groups excluding tert-OH is 1. The van der Waals surface area contributed by atoms with Crippen molar-refractivity contribution in [1.82, 2.24) is 9.21 Å². The molecular formula is C14H22N2O3S. The Morgan fingerprint density at radius 1 is 1.05 bits per heavy atom. The van der Waals surface area contributed by atoms with Gasteiger partial charge < -0.3 is 10.0 Å². The maximum Gasteiger partial charge on any atom is 0.243 e. The van der Waals surface area contributed by atoms with Crippen molar-refractivity contribution >= 4 is 10.0 Å². The first-order valence-electron chi connectivity index (χ1n) is 7.03. The molecule has 0 radical (unpaired) electrons. The van der Waals surface area contributed by atoms with E-state index < -0.39 is 10.0 Å². The van der Waals surface area contributed by atoms with Gasteiger partial charge in [-0.05, 0) is 31.5 Å². The zero-order valence-electron chi connectivity index (χ0n) is 11.6. The molecule has 0 bridgehead atoms. The van der Waals surface area contributed by atoms with Crippen LogP contribution in [0.4, 0.5) is 0 Å². The van der Waals surface area contributed by atoms with E-state index in [1.54, 1.807) is 28.6 Å². The van der Waals surface area contributed by atoms with Gasteiger partial charge in [-0.3, -0.25) is 0 Å². The molecule has 1 saturated heterocycles. The Bertz CT molecular complexity index is 504. The van der Waals surface area contributed by atoms with Gasteiger partial charge in [-0.25, -0.2) is 8.42 Å². The lowest BCUT2D eigenvalue weighted by Crippen LogP contribution is -2.35. The van der Waals surface area contributed by atoms with Crippen molar-refractivity contribution in [1.29, 1.82) is 0 Å². The summed E-state index contributed by atoms with van der Waals surface area (Å²) in [5.41, 5.74) is 0. The molecule has 0 amide bonds. The van der Waals surface area contributed by atoms with E-state index in [1.807, 2.05) is 6.07 Å². The predicted molar refractivity (Wildman–Crippen MR) is 78.0 cm³/mol. The van der Waals surface area contributed by atoms with Crippen molar-refractivity contribution in [3.05, 3.63) is 30.3 Å². The van der Waals surface area contributed by atoms with E-state index >= 15 is 0 Å². The third-order valence-electron chi connectivity index (χ3n) is 3.56. The monoisotopic (exact) mass is 298 g/mol. The van der Waals surface area contributed by atoms with Crippen LogP contribution >= 0.6 is 0 Å². The Morgan fingerprint density at radius 2 is 1.80 bits per heavy atom. The summed E-state index contributed by atoms with van der Waals surface area (Å²) in [5.74, 6) is 0. The highest BCUT2D eigenvalue weighted by molar-refractivity contribution is 7.89. The zero-order chi connectivity index (χ0) is 14.4. The van der Waals surface area contributed by atoms with Crippen molar-refractivity contribution in [2.75, 3.05) is 39.3 Å². The molecule has 112 valence electrons. The molecule has 1 aromatic carbocycles. The second-order valence-electron chi connectivity index (χ2n) is 4.99. The van der Waals surface area contributed by atoms with Crippen LogP contribution in [0.1, 0.15) is 12.8 Å². The number of nitrogens with zero attached hydrogens (tertiary/aromatic N) is 2. The third-order valence-corrected chi connectivity index (χ3v) is 5.47. The summed E-state index contributed by atoms with van der Waals surface area (Å²) in [5, 5.41) is 8.86. The van der Waals surface area contributed by atoms with E-state index in [-0.39, 0.29) is 6.61 Å². The normalized spacial score (nSPS) is 18.9. The van der Waals surface area contributed by atoms with Crippen LogP contribution in [0.25, 0.3) is 0 Å². The minimum Gasteiger partial charge on any atom is -0.396 e. The SMILES string of the molecule is O=S(=O)(c1ccccc1)N1CCCN(CCCO)CC1. The molecule has 0 saturated carbocycles. The van der Waals surface area contributed by atoms with Gasteiger partial charge in [0.2, 0.25) is 10.0 Å². The number of aliphatic hydroxyl groups is 1. The fraction of sp³-hybridized carbons (Fsp3) is 0.571. The van der Waals surface area contributed by atoms with E-state index in [0.29, 0.717) is 18.0 Å². The number of rotatable bonds is 5. The Balaban J connectivity index is 2.03. The summed E-state index contributed by atoms with van der Waals surface area (Å²) in [7, 11) is -3.37. The van der Waals surface area contributed by atoms with Crippen LogP contribution in [-0.4, -0.2) is 62.1 Å². The van der Waals surface area contributed by atoms with Crippen molar-refractivity contribution in [3.63, 3.8) is 0 Å².